The fourth-order valence-corrected chi connectivity index (χ4v) is 4.79. The summed E-state index contributed by atoms with van der Waals surface area (Å²) in [5.74, 6) is -1.53. The molecule has 126 valence electrons. The van der Waals surface area contributed by atoms with Gasteiger partial charge >= 0.3 is 0 Å². The Balaban J connectivity index is 2.24. The molecular weight excluding hydrogens is 304 g/mol. The normalized spacial score (nSPS) is 39.8. The molecule has 3 rings (SSSR count). The van der Waals surface area contributed by atoms with Crippen molar-refractivity contribution in [1.29, 1.82) is 21.2 Å². The van der Waals surface area contributed by atoms with Gasteiger partial charge in [0.15, 0.2) is 10.8 Å². The topological polar surface area (TPSA) is 114 Å². The first-order valence-electron chi connectivity index (χ1n) is 8.62. The van der Waals surface area contributed by atoms with Gasteiger partial charge < -0.3 is 9.47 Å². The zero-order chi connectivity index (χ0) is 17.6. The van der Waals surface area contributed by atoms with Gasteiger partial charge in [0.05, 0.1) is 30.2 Å². The van der Waals surface area contributed by atoms with Gasteiger partial charge in [0.2, 0.25) is 11.7 Å². The number of hydrogen-bond donors (Lipinski definition) is 1. The Morgan fingerprint density at radius 2 is 1.88 bits per heavy atom. The number of ether oxygens (including phenoxy) is 2. The van der Waals surface area contributed by atoms with Crippen molar-refractivity contribution in [2.45, 2.75) is 64.3 Å². The average Bonchev–Trinajstić information content (AvgIpc) is 2.68. The Morgan fingerprint density at radius 3 is 2.46 bits per heavy atom. The second-order valence-corrected chi connectivity index (χ2v) is 7.58. The molecule has 2 bridgehead atoms. The Kier molecular flexibility index (Phi) is 3.82. The maximum atomic E-state index is 10.1. The van der Waals surface area contributed by atoms with Crippen molar-refractivity contribution in [3.05, 3.63) is 0 Å². The second-order valence-electron chi connectivity index (χ2n) is 7.58. The van der Waals surface area contributed by atoms with Gasteiger partial charge in [0.1, 0.15) is 0 Å². The van der Waals surface area contributed by atoms with Gasteiger partial charge in [-0.2, -0.15) is 15.8 Å². The van der Waals surface area contributed by atoms with Crippen LogP contribution >= 0.6 is 0 Å². The summed E-state index contributed by atoms with van der Waals surface area (Å²) in [5, 5.41) is 38.4. The van der Waals surface area contributed by atoms with E-state index in [0.717, 1.165) is 19.3 Å². The predicted molar refractivity (Wildman–Crippen MR) is 84.2 cm³/mol. The van der Waals surface area contributed by atoms with Gasteiger partial charge in [-0.05, 0) is 25.2 Å². The van der Waals surface area contributed by atoms with Crippen LogP contribution in [0, 0.1) is 62.1 Å². The molecule has 2 saturated heterocycles. The third-order valence-corrected chi connectivity index (χ3v) is 5.87. The summed E-state index contributed by atoms with van der Waals surface area (Å²) in [7, 11) is 0. The zero-order valence-corrected chi connectivity index (χ0v) is 14.1. The van der Waals surface area contributed by atoms with Gasteiger partial charge in [-0.3, -0.25) is 5.41 Å². The predicted octanol–water partition coefficient (Wildman–Crippen LogP) is 3.26. The molecule has 3 aliphatic rings. The van der Waals surface area contributed by atoms with Crippen LogP contribution in [0.2, 0.25) is 0 Å². The summed E-state index contributed by atoms with van der Waals surface area (Å²) in [6, 6.07) is 6.39. The van der Waals surface area contributed by atoms with Crippen molar-refractivity contribution in [3.8, 4) is 18.2 Å². The molecule has 0 radical (unpaired) electrons. The second kappa shape index (κ2) is 5.47. The van der Waals surface area contributed by atoms with Gasteiger partial charge in [-0.15, -0.1) is 0 Å². The maximum Gasteiger partial charge on any atom is 0.217 e. The first kappa shape index (κ1) is 16.7. The van der Waals surface area contributed by atoms with Crippen molar-refractivity contribution in [2.75, 3.05) is 0 Å². The van der Waals surface area contributed by atoms with Crippen LogP contribution in [0.25, 0.3) is 0 Å². The van der Waals surface area contributed by atoms with Crippen LogP contribution in [0.3, 0.4) is 0 Å². The zero-order valence-electron chi connectivity index (χ0n) is 14.1. The minimum Gasteiger partial charge on any atom is -0.447 e. The standard InChI is InChI=1S/C18H22N4O2/c1-12(2)8-14-16(9-19,10-20)17(11-21)13-6-4-3-5-7-18(13,23-14)24-15(17)22/h12-14,22H,3-8H2,1-2H3. The van der Waals surface area contributed by atoms with E-state index in [4.69, 9.17) is 14.9 Å². The molecule has 1 N–H and O–H groups in total. The summed E-state index contributed by atoms with van der Waals surface area (Å²) >= 11 is 0. The van der Waals surface area contributed by atoms with Crippen LogP contribution in [-0.2, 0) is 9.47 Å². The van der Waals surface area contributed by atoms with Gasteiger partial charge in [-0.25, -0.2) is 0 Å². The lowest BCUT2D eigenvalue weighted by molar-refractivity contribution is -0.284. The molecule has 0 aromatic carbocycles. The van der Waals surface area contributed by atoms with E-state index >= 15 is 0 Å². The van der Waals surface area contributed by atoms with Gasteiger partial charge in [-0.1, -0.05) is 26.7 Å². The van der Waals surface area contributed by atoms with E-state index in [1.165, 1.54) is 0 Å². The van der Waals surface area contributed by atoms with Crippen molar-refractivity contribution in [1.82, 2.24) is 0 Å². The minimum atomic E-state index is -1.71. The lowest BCUT2D eigenvalue weighted by Crippen LogP contribution is -2.62. The van der Waals surface area contributed by atoms with Gasteiger partial charge in [0, 0.05) is 6.42 Å². The fourth-order valence-electron chi connectivity index (χ4n) is 4.79. The van der Waals surface area contributed by atoms with Crippen molar-refractivity contribution in [3.63, 3.8) is 0 Å². The minimum absolute atomic E-state index is 0.194. The number of rotatable bonds is 2. The molecule has 4 unspecified atom stereocenters. The lowest BCUT2D eigenvalue weighted by atomic mass is 9.52. The highest BCUT2D eigenvalue weighted by molar-refractivity contribution is 5.89. The summed E-state index contributed by atoms with van der Waals surface area (Å²) in [4.78, 5) is 0. The first-order valence-corrected chi connectivity index (χ1v) is 8.62. The highest BCUT2D eigenvalue weighted by Gasteiger charge is 2.79. The molecule has 6 nitrogen and oxygen atoms in total. The van der Waals surface area contributed by atoms with E-state index < -0.39 is 28.6 Å². The quantitative estimate of drug-likeness (QED) is 0.836. The van der Waals surface area contributed by atoms with Crippen molar-refractivity contribution < 1.29 is 9.47 Å². The van der Waals surface area contributed by atoms with E-state index in [0.29, 0.717) is 19.3 Å². The van der Waals surface area contributed by atoms with Gasteiger partial charge in [0.25, 0.3) is 0 Å². The van der Waals surface area contributed by atoms with Crippen molar-refractivity contribution >= 4 is 5.90 Å². The summed E-state index contributed by atoms with van der Waals surface area (Å²) in [6.45, 7) is 3.99. The van der Waals surface area contributed by atoms with E-state index in [-0.39, 0.29) is 11.8 Å². The monoisotopic (exact) mass is 326 g/mol. The summed E-state index contributed by atoms with van der Waals surface area (Å²) < 4.78 is 12.2. The van der Waals surface area contributed by atoms with Crippen molar-refractivity contribution in [2.24, 2.45) is 22.7 Å². The molecular formula is C18H22N4O2. The number of nitrogens with one attached hydrogen (secondary N) is 1. The largest absolute Gasteiger partial charge is 0.447 e. The van der Waals surface area contributed by atoms with E-state index in [1.54, 1.807) is 0 Å². The Hall–Kier alpha value is -2.10. The number of hydrogen-bond acceptors (Lipinski definition) is 6. The lowest BCUT2D eigenvalue weighted by Gasteiger charge is -2.49. The number of nitrogens with zero attached hydrogens (tertiary/aromatic N) is 3. The number of nitriles is 3. The third kappa shape index (κ3) is 1.80. The first-order chi connectivity index (χ1) is 11.4. The molecule has 24 heavy (non-hydrogen) atoms. The molecule has 1 saturated carbocycles. The molecule has 2 aliphatic heterocycles. The molecule has 0 spiro atoms. The Bertz CT molecular complexity index is 669. The molecule has 6 heteroatoms. The smallest absolute Gasteiger partial charge is 0.217 e. The van der Waals surface area contributed by atoms with Crippen LogP contribution < -0.4 is 0 Å². The van der Waals surface area contributed by atoms with E-state index in [2.05, 4.69) is 18.2 Å². The summed E-state index contributed by atoms with van der Waals surface area (Å²) in [5.41, 5.74) is -3.25. The molecule has 1 aliphatic carbocycles. The molecule has 0 aromatic heterocycles. The van der Waals surface area contributed by atoms with Crippen LogP contribution in [0.15, 0.2) is 0 Å². The average molecular weight is 326 g/mol. The maximum absolute atomic E-state index is 10.1. The van der Waals surface area contributed by atoms with Crippen LogP contribution in [0.4, 0.5) is 0 Å². The van der Waals surface area contributed by atoms with Crippen LogP contribution in [-0.4, -0.2) is 17.8 Å². The SMILES string of the molecule is CC(C)CC1OC23CCCCCC2C(C#N)(C(=N)O3)C1(C#N)C#N. The molecule has 2 heterocycles. The van der Waals surface area contributed by atoms with E-state index in [1.807, 2.05) is 13.8 Å². The Labute approximate surface area is 142 Å². The molecule has 3 fully saturated rings. The Morgan fingerprint density at radius 1 is 1.17 bits per heavy atom. The highest BCUT2D eigenvalue weighted by Crippen LogP contribution is 2.66. The fraction of sp³-hybridized carbons (Fsp3) is 0.778. The third-order valence-electron chi connectivity index (χ3n) is 5.87. The van der Waals surface area contributed by atoms with Crippen LogP contribution in [0.1, 0.15) is 52.4 Å². The molecule has 0 aromatic rings. The summed E-state index contributed by atoms with van der Waals surface area (Å²) in [6.07, 6.45) is 3.77. The molecule has 4 atom stereocenters. The van der Waals surface area contributed by atoms with E-state index in [9.17, 15) is 15.8 Å². The highest BCUT2D eigenvalue weighted by atomic mass is 16.7. The molecule has 0 amide bonds. The van der Waals surface area contributed by atoms with Crippen LogP contribution in [0.5, 0.6) is 0 Å².